The molecule has 0 saturated heterocycles. The SMILES string of the molecule is c1ccc(-c2cc(-c3ccccc3)nc(-n3c4ccc(-c5ccc6c(c5)c5ncccc5n6-c5ccc6ccccc6c5)cc4c4ncccc43)c2)cc1. The Bertz CT molecular complexity index is 3160. The molecule has 0 aliphatic rings. The van der Waals surface area contributed by atoms with Gasteiger partial charge >= 0.3 is 0 Å². The summed E-state index contributed by atoms with van der Waals surface area (Å²) >= 11 is 0. The highest BCUT2D eigenvalue weighted by molar-refractivity contribution is 6.11. The number of fused-ring (bicyclic) bond motifs is 7. The van der Waals surface area contributed by atoms with Crippen LogP contribution in [0.15, 0.2) is 188 Å². The molecule has 252 valence electrons. The Balaban J connectivity index is 1.09. The maximum atomic E-state index is 5.29. The third kappa shape index (κ3) is 4.83. The van der Waals surface area contributed by atoms with E-state index < -0.39 is 0 Å². The fourth-order valence-corrected chi connectivity index (χ4v) is 8.06. The molecule has 0 saturated carbocycles. The number of aromatic nitrogens is 5. The van der Waals surface area contributed by atoms with Gasteiger partial charge in [-0.25, -0.2) is 4.98 Å². The Morgan fingerprint density at radius 1 is 0.352 bits per heavy atom. The second-order valence-electron chi connectivity index (χ2n) is 13.7. The van der Waals surface area contributed by atoms with Gasteiger partial charge in [0.25, 0.3) is 0 Å². The van der Waals surface area contributed by atoms with Crippen LogP contribution in [0.3, 0.4) is 0 Å². The molecular weight excluding hydrogens is 659 g/mol. The highest BCUT2D eigenvalue weighted by Gasteiger charge is 2.19. The van der Waals surface area contributed by atoms with Crippen LogP contribution in [0.4, 0.5) is 0 Å². The molecule has 0 aliphatic heterocycles. The van der Waals surface area contributed by atoms with E-state index in [1.807, 2.05) is 30.6 Å². The fourth-order valence-electron chi connectivity index (χ4n) is 8.06. The maximum absolute atomic E-state index is 5.29. The van der Waals surface area contributed by atoms with Crippen molar-refractivity contribution in [1.29, 1.82) is 0 Å². The summed E-state index contributed by atoms with van der Waals surface area (Å²) in [7, 11) is 0. The van der Waals surface area contributed by atoms with Crippen LogP contribution >= 0.6 is 0 Å². The minimum atomic E-state index is 0.852. The van der Waals surface area contributed by atoms with Crippen LogP contribution in [0.1, 0.15) is 0 Å². The van der Waals surface area contributed by atoms with Crippen molar-refractivity contribution in [1.82, 2.24) is 24.1 Å². The minimum Gasteiger partial charge on any atom is -0.308 e. The average Bonchev–Trinajstić information content (AvgIpc) is 3.76. The van der Waals surface area contributed by atoms with Crippen molar-refractivity contribution in [2.75, 3.05) is 0 Å². The molecule has 0 aliphatic carbocycles. The van der Waals surface area contributed by atoms with Gasteiger partial charge in [-0.1, -0.05) is 103 Å². The molecular formula is C49H31N5. The minimum absolute atomic E-state index is 0.852. The molecule has 0 radical (unpaired) electrons. The quantitative estimate of drug-likeness (QED) is 0.181. The molecule has 5 nitrogen and oxygen atoms in total. The molecule has 0 spiro atoms. The number of hydrogen-bond acceptors (Lipinski definition) is 3. The van der Waals surface area contributed by atoms with Gasteiger partial charge in [-0.3, -0.25) is 14.5 Å². The van der Waals surface area contributed by atoms with Gasteiger partial charge in [0.15, 0.2) is 0 Å². The third-order valence-corrected chi connectivity index (χ3v) is 10.6. The Morgan fingerprint density at radius 2 is 0.944 bits per heavy atom. The van der Waals surface area contributed by atoms with Gasteiger partial charge < -0.3 is 4.57 Å². The monoisotopic (exact) mass is 689 g/mol. The summed E-state index contributed by atoms with van der Waals surface area (Å²) < 4.78 is 4.58. The lowest BCUT2D eigenvalue weighted by atomic mass is 10.0. The lowest BCUT2D eigenvalue weighted by molar-refractivity contribution is 1.08. The number of nitrogens with zero attached hydrogens (tertiary/aromatic N) is 5. The highest BCUT2D eigenvalue weighted by Crippen LogP contribution is 2.38. The van der Waals surface area contributed by atoms with Crippen LogP contribution in [-0.2, 0) is 0 Å². The van der Waals surface area contributed by atoms with E-state index >= 15 is 0 Å². The Kier molecular flexibility index (Phi) is 6.79. The summed E-state index contributed by atoms with van der Waals surface area (Å²) in [5, 5.41) is 4.63. The molecule has 11 rings (SSSR count). The topological polar surface area (TPSA) is 48.5 Å². The van der Waals surface area contributed by atoms with Crippen molar-refractivity contribution < 1.29 is 0 Å². The first-order valence-corrected chi connectivity index (χ1v) is 18.2. The Labute approximate surface area is 311 Å². The summed E-state index contributed by atoms with van der Waals surface area (Å²) in [5.74, 6) is 0.852. The van der Waals surface area contributed by atoms with E-state index in [0.717, 1.165) is 88.9 Å². The van der Waals surface area contributed by atoms with Crippen molar-refractivity contribution in [2.24, 2.45) is 0 Å². The Hall–Kier alpha value is -7.37. The Morgan fingerprint density at radius 3 is 1.63 bits per heavy atom. The molecule has 5 heteroatoms. The molecule has 5 heterocycles. The standard InChI is InChI=1S/C49H31N5/c1-3-11-32(12-4-1)38-30-42(34-14-5-2-6-15-34)52-47(31-38)54-44-24-21-37(29-41(44)49-46(54)18-10-26-51-49)36-20-23-43-40(28-36)48-45(17-9-25-50-48)53(43)39-22-19-33-13-7-8-16-35(33)27-39/h1-31H. The molecule has 0 unspecified atom stereocenters. The molecule has 0 atom stereocenters. The van der Waals surface area contributed by atoms with Crippen molar-refractivity contribution in [3.63, 3.8) is 0 Å². The molecule has 0 fully saturated rings. The normalized spacial score (nSPS) is 11.7. The zero-order valence-electron chi connectivity index (χ0n) is 29.1. The first-order valence-electron chi connectivity index (χ1n) is 18.2. The summed E-state index contributed by atoms with van der Waals surface area (Å²) in [4.78, 5) is 15.1. The number of rotatable bonds is 5. The van der Waals surface area contributed by atoms with Crippen LogP contribution < -0.4 is 0 Å². The van der Waals surface area contributed by atoms with Gasteiger partial charge in [0, 0.05) is 34.4 Å². The molecule has 6 aromatic carbocycles. The molecule has 0 bridgehead atoms. The summed E-state index contributed by atoms with van der Waals surface area (Å²) in [6.07, 6.45) is 3.76. The largest absolute Gasteiger partial charge is 0.308 e. The van der Waals surface area contributed by atoms with E-state index in [9.17, 15) is 0 Å². The van der Waals surface area contributed by atoms with Crippen molar-refractivity contribution in [3.8, 4) is 45.0 Å². The number of hydrogen-bond donors (Lipinski definition) is 0. The lowest BCUT2D eigenvalue weighted by Gasteiger charge is -2.13. The second kappa shape index (κ2) is 12.1. The van der Waals surface area contributed by atoms with E-state index in [0.29, 0.717) is 0 Å². The first kappa shape index (κ1) is 30.3. The number of pyridine rings is 3. The van der Waals surface area contributed by atoms with Gasteiger partial charge in [0.1, 0.15) is 5.82 Å². The fraction of sp³-hybridized carbons (Fsp3) is 0. The maximum Gasteiger partial charge on any atom is 0.138 e. The number of benzene rings is 6. The van der Waals surface area contributed by atoms with Gasteiger partial charge in [-0.05, 0) is 106 Å². The second-order valence-corrected chi connectivity index (χ2v) is 13.7. The zero-order valence-corrected chi connectivity index (χ0v) is 29.1. The van der Waals surface area contributed by atoms with Crippen LogP contribution in [0.5, 0.6) is 0 Å². The zero-order chi connectivity index (χ0) is 35.6. The van der Waals surface area contributed by atoms with Crippen molar-refractivity contribution in [3.05, 3.63) is 188 Å². The van der Waals surface area contributed by atoms with E-state index in [-0.39, 0.29) is 0 Å². The smallest absolute Gasteiger partial charge is 0.138 e. The van der Waals surface area contributed by atoms with Crippen LogP contribution in [-0.4, -0.2) is 24.1 Å². The van der Waals surface area contributed by atoms with Crippen LogP contribution in [0.25, 0.3) is 99.7 Å². The molecule has 54 heavy (non-hydrogen) atoms. The average molecular weight is 690 g/mol. The summed E-state index contributed by atoms with van der Waals surface area (Å²) in [6, 6.07) is 62.2. The summed E-state index contributed by atoms with van der Waals surface area (Å²) in [5.41, 5.74) is 13.8. The molecule has 0 N–H and O–H groups in total. The van der Waals surface area contributed by atoms with E-state index in [4.69, 9.17) is 15.0 Å². The summed E-state index contributed by atoms with van der Waals surface area (Å²) in [6.45, 7) is 0. The third-order valence-electron chi connectivity index (χ3n) is 10.6. The van der Waals surface area contributed by atoms with Gasteiger partial charge in [0.05, 0.1) is 38.8 Å². The lowest BCUT2D eigenvalue weighted by Crippen LogP contribution is -2.00. The predicted molar refractivity (Wildman–Crippen MR) is 222 cm³/mol. The van der Waals surface area contributed by atoms with Crippen LogP contribution in [0.2, 0.25) is 0 Å². The van der Waals surface area contributed by atoms with Gasteiger partial charge in [-0.2, -0.15) is 0 Å². The predicted octanol–water partition coefficient (Wildman–Crippen LogP) is 12.2. The molecule has 11 aromatic rings. The molecule has 5 aromatic heterocycles. The van der Waals surface area contributed by atoms with E-state index in [1.165, 1.54) is 10.8 Å². The van der Waals surface area contributed by atoms with E-state index in [2.05, 4.69) is 167 Å². The van der Waals surface area contributed by atoms with E-state index in [1.54, 1.807) is 0 Å². The molecule has 0 amide bonds. The first-order chi connectivity index (χ1) is 26.8. The van der Waals surface area contributed by atoms with Gasteiger partial charge in [-0.15, -0.1) is 0 Å². The van der Waals surface area contributed by atoms with Crippen molar-refractivity contribution >= 4 is 54.6 Å². The highest BCUT2D eigenvalue weighted by atomic mass is 15.1. The van der Waals surface area contributed by atoms with Gasteiger partial charge in [0.2, 0.25) is 0 Å². The van der Waals surface area contributed by atoms with Crippen LogP contribution in [0, 0.1) is 0 Å². The van der Waals surface area contributed by atoms with Crippen molar-refractivity contribution in [2.45, 2.75) is 0 Å².